The summed E-state index contributed by atoms with van der Waals surface area (Å²) in [7, 11) is -7.73. The first kappa shape index (κ1) is 16.2. The maximum absolute atomic E-state index is 12.0. The van der Waals surface area contributed by atoms with E-state index in [0.717, 1.165) is 24.6 Å². The molecule has 0 aliphatic heterocycles. The number of hydrogen-bond acceptors (Lipinski definition) is 7. The van der Waals surface area contributed by atoms with Crippen LogP contribution in [0.1, 0.15) is 10.6 Å². The molecule has 0 bridgehead atoms. The maximum atomic E-state index is 12.0. The molecule has 1 aromatic carbocycles. The van der Waals surface area contributed by atoms with Crippen molar-refractivity contribution in [3.63, 3.8) is 0 Å². The average Bonchev–Trinajstić information content (AvgIpc) is 2.85. The molecule has 118 valence electrons. The van der Waals surface area contributed by atoms with Gasteiger partial charge in [-0.25, -0.2) is 21.6 Å². The molecule has 0 radical (unpaired) electrons. The van der Waals surface area contributed by atoms with Crippen LogP contribution in [0, 0.1) is 0 Å². The van der Waals surface area contributed by atoms with Gasteiger partial charge in [0.05, 0.1) is 9.79 Å². The molecule has 0 aliphatic carbocycles. The maximum Gasteiger partial charge on any atom is 0.374 e. The number of carbonyl (C=O) groups is 1. The lowest BCUT2D eigenvalue weighted by atomic mass is 10.1. The van der Waals surface area contributed by atoms with E-state index in [2.05, 4.69) is 9.68 Å². The van der Waals surface area contributed by atoms with Crippen molar-refractivity contribution in [1.82, 2.24) is 5.16 Å². The molecule has 0 atom stereocenters. The second-order valence-corrected chi connectivity index (χ2v) is 8.50. The van der Waals surface area contributed by atoms with Gasteiger partial charge in [0.2, 0.25) is 5.76 Å². The third kappa shape index (κ3) is 3.02. The van der Waals surface area contributed by atoms with Crippen molar-refractivity contribution in [1.29, 1.82) is 0 Å². The van der Waals surface area contributed by atoms with Gasteiger partial charge < -0.3 is 9.63 Å². The fraction of sp³-hybridized carbons (Fsp3) is 0.167. The van der Waals surface area contributed by atoms with Gasteiger partial charge in [-0.15, -0.1) is 0 Å². The fourth-order valence-corrected chi connectivity index (χ4v) is 4.58. The minimum Gasteiger partial charge on any atom is -0.475 e. The molecule has 0 unspecified atom stereocenters. The second-order valence-electron chi connectivity index (χ2n) is 4.56. The van der Waals surface area contributed by atoms with E-state index < -0.39 is 36.3 Å². The highest BCUT2D eigenvalue weighted by molar-refractivity contribution is 7.93. The van der Waals surface area contributed by atoms with Crippen molar-refractivity contribution in [2.24, 2.45) is 0 Å². The molecule has 2 aromatic rings. The smallest absolute Gasteiger partial charge is 0.374 e. The molecule has 0 amide bonds. The first-order valence-corrected chi connectivity index (χ1v) is 9.53. The first-order chi connectivity index (χ1) is 10.0. The zero-order valence-electron chi connectivity index (χ0n) is 11.5. The standard InChI is InChI=1S/C12H11NO7S2/c1-21(16,17)10-5-3-4-7(11(10)22(2,18)19)8-6-9(12(14)15)20-13-8/h3-6H,1-2H3,(H,14,15). The van der Waals surface area contributed by atoms with E-state index in [1.54, 1.807) is 0 Å². The Morgan fingerprint density at radius 2 is 1.77 bits per heavy atom. The molecule has 8 nitrogen and oxygen atoms in total. The zero-order chi connectivity index (χ0) is 16.7. The summed E-state index contributed by atoms with van der Waals surface area (Å²) in [6, 6.07) is 4.86. The Morgan fingerprint density at radius 1 is 1.14 bits per heavy atom. The molecule has 0 fully saturated rings. The van der Waals surface area contributed by atoms with Crippen LogP contribution in [0.2, 0.25) is 0 Å². The zero-order valence-corrected chi connectivity index (χ0v) is 13.1. The summed E-state index contributed by atoms with van der Waals surface area (Å²) in [5.41, 5.74) is -0.120. The summed E-state index contributed by atoms with van der Waals surface area (Å²) in [6.45, 7) is 0. The van der Waals surface area contributed by atoms with E-state index in [9.17, 15) is 21.6 Å². The van der Waals surface area contributed by atoms with Crippen LogP contribution in [0.25, 0.3) is 11.3 Å². The summed E-state index contributed by atoms with van der Waals surface area (Å²) in [5, 5.41) is 12.3. The van der Waals surface area contributed by atoms with Gasteiger partial charge in [-0.2, -0.15) is 0 Å². The van der Waals surface area contributed by atoms with Crippen LogP contribution in [0.15, 0.2) is 38.6 Å². The van der Waals surface area contributed by atoms with Gasteiger partial charge in [0, 0.05) is 24.1 Å². The summed E-state index contributed by atoms with van der Waals surface area (Å²) in [5.74, 6) is -1.86. The number of benzene rings is 1. The number of aromatic carboxylic acids is 1. The number of nitrogens with zero attached hydrogens (tertiary/aromatic N) is 1. The normalized spacial score (nSPS) is 12.3. The van der Waals surface area contributed by atoms with Crippen LogP contribution < -0.4 is 0 Å². The molecular formula is C12H11NO7S2. The molecule has 10 heteroatoms. The summed E-state index contributed by atoms with van der Waals surface area (Å²) in [4.78, 5) is 9.98. The van der Waals surface area contributed by atoms with Crippen LogP contribution in [-0.4, -0.2) is 45.6 Å². The topological polar surface area (TPSA) is 132 Å². The van der Waals surface area contributed by atoms with Gasteiger partial charge in [0.15, 0.2) is 19.7 Å². The Balaban J connectivity index is 2.84. The lowest BCUT2D eigenvalue weighted by molar-refractivity contribution is 0.0652. The minimum atomic E-state index is -3.91. The highest BCUT2D eigenvalue weighted by Crippen LogP contribution is 2.32. The van der Waals surface area contributed by atoms with E-state index in [0.29, 0.717) is 0 Å². The Bertz CT molecular complexity index is 955. The van der Waals surface area contributed by atoms with Gasteiger partial charge in [0.25, 0.3) is 0 Å². The van der Waals surface area contributed by atoms with Crippen LogP contribution in [0.4, 0.5) is 0 Å². The predicted molar refractivity (Wildman–Crippen MR) is 75.1 cm³/mol. The third-order valence-electron chi connectivity index (χ3n) is 2.75. The highest BCUT2D eigenvalue weighted by Gasteiger charge is 2.26. The van der Waals surface area contributed by atoms with E-state index in [-0.39, 0.29) is 16.2 Å². The molecule has 1 N–H and O–H groups in total. The van der Waals surface area contributed by atoms with Crippen molar-refractivity contribution < 1.29 is 31.3 Å². The van der Waals surface area contributed by atoms with E-state index in [1.807, 2.05) is 0 Å². The molecule has 0 saturated heterocycles. The third-order valence-corrected chi connectivity index (χ3v) is 5.20. The number of sulfone groups is 2. The largest absolute Gasteiger partial charge is 0.475 e. The molecule has 1 aromatic heterocycles. The van der Waals surface area contributed by atoms with Crippen molar-refractivity contribution in [2.45, 2.75) is 9.79 Å². The first-order valence-electron chi connectivity index (χ1n) is 5.75. The van der Waals surface area contributed by atoms with Crippen LogP contribution in [0.3, 0.4) is 0 Å². The number of carboxylic acid groups (broad SMARTS) is 1. The number of hydrogen-bond donors (Lipinski definition) is 1. The van der Waals surface area contributed by atoms with Crippen LogP contribution in [0.5, 0.6) is 0 Å². The van der Waals surface area contributed by atoms with Gasteiger partial charge in [-0.1, -0.05) is 17.3 Å². The van der Waals surface area contributed by atoms with Gasteiger partial charge >= 0.3 is 5.97 Å². The molecule has 0 aliphatic rings. The molecule has 22 heavy (non-hydrogen) atoms. The number of carboxylic acids is 1. The van der Waals surface area contributed by atoms with Crippen molar-refractivity contribution in [3.8, 4) is 11.3 Å². The molecule has 0 saturated carbocycles. The number of aromatic nitrogens is 1. The monoisotopic (exact) mass is 345 g/mol. The highest BCUT2D eigenvalue weighted by atomic mass is 32.2. The Labute approximate surface area is 126 Å². The summed E-state index contributed by atoms with van der Waals surface area (Å²) in [6.07, 6.45) is 1.74. The van der Waals surface area contributed by atoms with E-state index in [1.165, 1.54) is 12.1 Å². The molecule has 2 rings (SSSR count). The molecule has 1 heterocycles. The van der Waals surface area contributed by atoms with Crippen LogP contribution in [-0.2, 0) is 19.7 Å². The quantitative estimate of drug-likeness (QED) is 0.862. The average molecular weight is 345 g/mol. The Morgan fingerprint density at radius 3 is 2.23 bits per heavy atom. The second kappa shape index (κ2) is 5.21. The fourth-order valence-electron chi connectivity index (χ4n) is 1.89. The summed E-state index contributed by atoms with van der Waals surface area (Å²) >= 11 is 0. The van der Waals surface area contributed by atoms with E-state index >= 15 is 0 Å². The summed E-state index contributed by atoms with van der Waals surface area (Å²) < 4.78 is 52.2. The van der Waals surface area contributed by atoms with Crippen molar-refractivity contribution in [3.05, 3.63) is 30.0 Å². The van der Waals surface area contributed by atoms with E-state index in [4.69, 9.17) is 5.11 Å². The van der Waals surface area contributed by atoms with Gasteiger partial charge in [-0.05, 0) is 6.07 Å². The minimum absolute atomic E-state index is 0.0401. The SMILES string of the molecule is CS(=O)(=O)c1cccc(-c2cc(C(=O)O)on2)c1S(C)(=O)=O. The lowest BCUT2D eigenvalue weighted by Gasteiger charge is -2.10. The van der Waals surface area contributed by atoms with Gasteiger partial charge in [0.1, 0.15) is 5.69 Å². The Hall–Kier alpha value is -2.20. The predicted octanol–water partition coefficient (Wildman–Crippen LogP) is 0.847. The molecule has 0 spiro atoms. The van der Waals surface area contributed by atoms with Crippen molar-refractivity contribution in [2.75, 3.05) is 12.5 Å². The molecular weight excluding hydrogens is 334 g/mol. The number of rotatable bonds is 4. The Kier molecular flexibility index (Phi) is 3.83. The van der Waals surface area contributed by atoms with Gasteiger partial charge in [-0.3, -0.25) is 0 Å². The lowest BCUT2D eigenvalue weighted by Crippen LogP contribution is -2.09. The van der Waals surface area contributed by atoms with Crippen molar-refractivity contribution >= 4 is 25.6 Å². The van der Waals surface area contributed by atoms with Crippen LogP contribution >= 0.6 is 0 Å².